The van der Waals surface area contributed by atoms with Gasteiger partial charge in [-0.3, -0.25) is 0 Å². The maximum Gasteiger partial charge on any atom is 0.339 e. The number of hydrogen-bond donors (Lipinski definition) is 4. The van der Waals surface area contributed by atoms with Crippen LogP contribution in [0.5, 0.6) is 17.2 Å². The number of aromatic carboxylic acids is 1. The van der Waals surface area contributed by atoms with Crippen molar-refractivity contribution in [2.24, 2.45) is 0 Å². The Morgan fingerprint density at radius 1 is 0.852 bits per heavy atom. The highest BCUT2D eigenvalue weighted by Crippen LogP contribution is 2.46. The van der Waals surface area contributed by atoms with Gasteiger partial charge in [-0.2, -0.15) is 13.8 Å². The summed E-state index contributed by atoms with van der Waals surface area (Å²) in [5.74, 6) is -12.1. The molecule has 3 aromatic rings. The number of hydrogen-bond acceptors (Lipinski definition) is 6. The molecule has 1 aromatic heterocycles. The molecule has 0 amide bonds. The fraction of sp³-hybridized carbons (Fsp3) is 0. The summed E-state index contributed by atoms with van der Waals surface area (Å²) < 4.78 is 42.2. The van der Waals surface area contributed by atoms with Gasteiger partial charge in [-0.25, -0.2) is 14.2 Å². The third-order valence-corrected chi connectivity index (χ3v) is 3.66. The topological polar surface area (TPSA) is 124 Å². The van der Waals surface area contributed by atoms with Crippen LogP contribution in [0.25, 0.3) is 22.6 Å². The van der Waals surface area contributed by atoms with E-state index in [2.05, 4.69) is 9.97 Å². The lowest BCUT2D eigenvalue weighted by atomic mass is 10.0. The van der Waals surface area contributed by atoms with E-state index in [9.17, 15) is 38.4 Å². The number of aromatic nitrogens is 2. The van der Waals surface area contributed by atoms with Crippen molar-refractivity contribution >= 4 is 5.97 Å². The minimum atomic E-state index is -1.97. The number of aromatic hydroxyl groups is 3. The average molecular weight is 378 g/mol. The molecular formula is C17H9F3N2O5. The van der Waals surface area contributed by atoms with E-state index >= 15 is 0 Å². The molecule has 0 aliphatic rings. The van der Waals surface area contributed by atoms with E-state index in [1.165, 1.54) is 24.3 Å². The molecule has 0 saturated heterocycles. The first-order chi connectivity index (χ1) is 12.7. The number of carboxylic acids is 1. The summed E-state index contributed by atoms with van der Waals surface area (Å²) in [6, 6.07) is 7.35. The van der Waals surface area contributed by atoms with Crippen LogP contribution in [0, 0.1) is 17.6 Å². The number of halogens is 3. The van der Waals surface area contributed by atoms with Crippen molar-refractivity contribution in [2.75, 3.05) is 0 Å². The summed E-state index contributed by atoms with van der Waals surface area (Å²) in [6.07, 6.45) is 0. The van der Waals surface area contributed by atoms with Gasteiger partial charge in [-0.1, -0.05) is 30.3 Å². The maximum absolute atomic E-state index is 14.1. The normalized spacial score (nSPS) is 10.8. The Labute approximate surface area is 148 Å². The lowest BCUT2D eigenvalue weighted by molar-refractivity contribution is 0.0691. The molecule has 10 heteroatoms. The highest BCUT2D eigenvalue weighted by atomic mass is 19.2. The number of rotatable bonds is 3. The first kappa shape index (κ1) is 18.0. The van der Waals surface area contributed by atoms with Gasteiger partial charge in [0.15, 0.2) is 23.1 Å². The highest BCUT2D eigenvalue weighted by molar-refractivity contribution is 5.99. The van der Waals surface area contributed by atoms with Gasteiger partial charge in [0.05, 0.1) is 5.56 Å². The minimum Gasteiger partial charge on any atom is -0.504 e. The number of carbonyl (C=O) groups is 1. The minimum absolute atomic E-state index is 0.0948. The largest absolute Gasteiger partial charge is 0.504 e. The zero-order chi connectivity index (χ0) is 19.9. The summed E-state index contributed by atoms with van der Waals surface area (Å²) in [5.41, 5.74) is -2.83. The molecule has 0 atom stereocenters. The predicted octanol–water partition coefficient (Wildman–Crippen LogP) is 3.04. The Bertz CT molecular complexity index is 1070. The molecule has 2 aromatic carbocycles. The fourth-order valence-corrected chi connectivity index (χ4v) is 2.42. The van der Waals surface area contributed by atoms with Crippen molar-refractivity contribution < 1.29 is 38.4 Å². The zero-order valence-electron chi connectivity index (χ0n) is 13.1. The molecule has 0 aliphatic heterocycles. The van der Waals surface area contributed by atoms with E-state index in [0.717, 1.165) is 0 Å². The van der Waals surface area contributed by atoms with Crippen LogP contribution in [0.2, 0.25) is 0 Å². The van der Waals surface area contributed by atoms with Crippen LogP contribution in [0.3, 0.4) is 0 Å². The first-order valence-corrected chi connectivity index (χ1v) is 7.22. The van der Waals surface area contributed by atoms with Gasteiger partial charge in [0.25, 0.3) is 5.95 Å². The Hall–Kier alpha value is -3.82. The van der Waals surface area contributed by atoms with Crippen molar-refractivity contribution in [1.82, 2.24) is 9.97 Å². The number of phenolic OH excluding ortho intramolecular Hbond substituents is 3. The third kappa shape index (κ3) is 2.86. The van der Waals surface area contributed by atoms with Gasteiger partial charge in [-0.05, 0) is 0 Å². The van der Waals surface area contributed by atoms with Gasteiger partial charge >= 0.3 is 5.97 Å². The number of benzene rings is 2. The van der Waals surface area contributed by atoms with Gasteiger partial charge in [0.1, 0.15) is 11.3 Å². The van der Waals surface area contributed by atoms with Gasteiger partial charge in [0.2, 0.25) is 11.6 Å². The molecule has 1 heterocycles. The summed E-state index contributed by atoms with van der Waals surface area (Å²) in [7, 11) is 0. The molecule has 0 saturated carbocycles. The second kappa shape index (κ2) is 6.48. The van der Waals surface area contributed by atoms with Crippen LogP contribution in [0.1, 0.15) is 10.4 Å². The second-order valence-corrected chi connectivity index (χ2v) is 5.28. The van der Waals surface area contributed by atoms with Crippen LogP contribution >= 0.6 is 0 Å². The number of phenols is 3. The molecule has 4 N–H and O–H groups in total. The molecule has 3 rings (SSSR count). The van der Waals surface area contributed by atoms with Crippen LogP contribution in [0.4, 0.5) is 13.2 Å². The standard InChI is InChI=1S/C17H9F3N2O5/c18-9-7(17(26)27)8(12(23)14(25)13(9)24)16-21-11(10(19)15(20)22-16)6-4-2-1-3-5-6/h1-5,23-25H,(H,26,27). The molecule has 0 spiro atoms. The summed E-state index contributed by atoms with van der Waals surface area (Å²) >= 11 is 0. The van der Waals surface area contributed by atoms with Crippen molar-refractivity contribution in [2.45, 2.75) is 0 Å². The zero-order valence-corrected chi connectivity index (χ0v) is 13.1. The molecule has 0 fully saturated rings. The maximum atomic E-state index is 14.1. The molecule has 0 aliphatic carbocycles. The van der Waals surface area contributed by atoms with Gasteiger partial charge in [-0.15, -0.1) is 0 Å². The summed E-state index contributed by atoms with van der Waals surface area (Å²) in [4.78, 5) is 18.2. The van der Waals surface area contributed by atoms with E-state index in [4.69, 9.17) is 0 Å². The lowest BCUT2D eigenvalue weighted by Crippen LogP contribution is -2.08. The van der Waals surface area contributed by atoms with Crippen molar-refractivity contribution in [3.63, 3.8) is 0 Å². The monoisotopic (exact) mass is 378 g/mol. The Kier molecular flexibility index (Phi) is 4.32. The molecule has 0 bridgehead atoms. The molecule has 0 unspecified atom stereocenters. The number of nitrogens with zero attached hydrogens (tertiary/aromatic N) is 2. The fourth-order valence-electron chi connectivity index (χ4n) is 2.42. The van der Waals surface area contributed by atoms with Crippen molar-refractivity contribution in [3.8, 4) is 39.9 Å². The van der Waals surface area contributed by atoms with E-state index in [-0.39, 0.29) is 5.56 Å². The lowest BCUT2D eigenvalue weighted by Gasteiger charge is -2.13. The third-order valence-electron chi connectivity index (χ3n) is 3.66. The molecule has 27 heavy (non-hydrogen) atoms. The van der Waals surface area contributed by atoms with Crippen molar-refractivity contribution in [3.05, 3.63) is 53.5 Å². The smallest absolute Gasteiger partial charge is 0.339 e. The molecular weight excluding hydrogens is 369 g/mol. The molecule has 7 nitrogen and oxygen atoms in total. The van der Waals surface area contributed by atoms with E-state index < -0.39 is 63.4 Å². The Balaban J connectivity index is 2.40. The van der Waals surface area contributed by atoms with E-state index in [1.807, 2.05) is 0 Å². The molecule has 138 valence electrons. The number of carboxylic acid groups (broad SMARTS) is 1. The van der Waals surface area contributed by atoms with Gasteiger partial charge in [0, 0.05) is 5.56 Å². The SMILES string of the molecule is O=C(O)c1c(F)c(O)c(O)c(O)c1-c1nc(F)c(F)c(-c2ccccc2)n1. The van der Waals surface area contributed by atoms with E-state index in [1.54, 1.807) is 6.07 Å². The van der Waals surface area contributed by atoms with Gasteiger partial charge < -0.3 is 20.4 Å². The Morgan fingerprint density at radius 2 is 1.48 bits per heavy atom. The Morgan fingerprint density at radius 3 is 2.07 bits per heavy atom. The van der Waals surface area contributed by atoms with Crippen molar-refractivity contribution in [1.29, 1.82) is 0 Å². The quantitative estimate of drug-likeness (QED) is 0.408. The van der Waals surface area contributed by atoms with E-state index in [0.29, 0.717) is 0 Å². The average Bonchev–Trinajstić information content (AvgIpc) is 2.65. The summed E-state index contributed by atoms with van der Waals surface area (Å²) in [6.45, 7) is 0. The van der Waals surface area contributed by atoms with Crippen LogP contribution in [0.15, 0.2) is 30.3 Å². The highest BCUT2D eigenvalue weighted by Gasteiger charge is 2.31. The first-order valence-electron chi connectivity index (χ1n) is 7.22. The summed E-state index contributed by atoms with van der Waals surface area (Å²) in [5, 5.41) is 38.1. The van der Waals surface area contributed by atoms with Crippen LogP contribution < -0.4 is 0 Å². The van der Waals surface area contributed by atoms with Crippen LogP contribution in [-0.4, -0.2) is 36.4 Å². The molecule has 0 radical (unpaired) electrons. The second-order valence-electron chi connectivity index (χ2n) is 5.28. The van der Waals surface area contributed by atoms with Crippen LogP contribution in [-0.2, 0) is 0 Å². The predicted molar refractivity (Wildman–Crippen MR) is 84.7 cm³/mol.